The van der Waals surface area contributed by atoms with Crippen LogP contribution >= 0.6 is 0 Å². The summed E-state index contributed by atoms with van der Waals surface area (Å²) in [4.78, 5) is 12.4. The Balaban J connectivity index is 1.80. The summed E-state index contributed by atoms with van der Waals surface area (Å²) in [5.41, 5.74) is 2.76. The van der Waals surface area contributed by atoms with Gasteiger partial charge in [0.2, 0.25) is 10.0 Å². The van der Waals surface area contributed by atoms with Crippen molar-refractivity contribution in [3.05, 3.63) is 82.9 Å². The number of esters is 1. The summed E-state index contributed by atoms with van der Waals surface area (Å²) in [5.74, 6) is -0.417. The SMILES string of the molecule is CCOC(=O)C(C)(C)Cc1cccc(C2Oc3cccc(OC(F)F)c3-c3ccc(CS(N)(=O)=O)cc32)c1. The number of primary sulfonamides is 1. The molecule has 202 valence electrons. The van der Waals surface area contributed by atoms with E-state index in [4.69, 9.17) is 19.3 Å². The molecule has 0 bridgehead atoms. The van der Waals surface area contributed by atoms with Crippen molar-refractivity contribution in [3.8, 4) is 22.6 Å². The van der Waals surface area contributed by atoms with Crippen molar-refractivity contribution in [2.75, 3.05) is 6.61 Å². The molecule has 0 amide bonds. The second kappa shape index (κ2) is 10.7. The second-order valence-corrected chi connectivity index (χ2v) is 11.4. The van der Waals surface area contributed by atoms with Gasteiger partial charge in [0.1, 0.15) is 17.6 Å². The van der Waals surface area contributed by atoms with Crippen molar-refractivity contribution in [2.24, 2.45) is 10.6 Å². The zero-order valence-electron chi connectivity index (χ0n) is 21.2. The number of hydrogen-bond donors (Lipinski definition) is 1. The number of sulfonamides is 1. The van der Waals surface area contributed by atoms with Gasteiger partial charge in [-0.1, -0.05) is 48.5 Å². The lowest BCUT2D eigenvalue weighted by Gasteiger charge is -2.31. The number of carbonyl (C=O) groups excluding carboxylic acids is 1. The molecule has 1 atom stereocenters. The molecule has 1 aliphatic heterocycles. The molecule has 1 heterocycles. The molecule has 38 heavy (non-hydrogen) atoms. The zero-order valence-corrected chi connectivity index (χ0v) is 22.1. The van der Waals surface area contributed by atoms with Gasteiger partial charge in [0.15, 0.2) is 0 Å². The van der Waals surface area contributed by atoms with Gasteiger partial charge in [-0.15, -0.1) is 0 Å². The molecular weight excluding hydrogens is 516 g/mol. The van der Waals surface area contributed by atoms with Crippen molar-refractivity contribution < 1.29 is 36.2 Å². The van der Waals surface area contributed by atoms with Crippen LogP contribution in [0.15, 0.2) is 60.7 Å². The van der Waals surface area contributed by atoms with Crippen LogP contribution in [0.2, 0.25) is 0 Å². The van der Waals surface area contributed by atoms with Crippen LogP contribution < -0.4 is 14.6 Å². The van der Waals surface area contributed by atoms with Crippen molar-refractivity contribution >= 4 is 16.0 Å². The smallest absolute Gasteiger partial charge is 0.387 e. The van der Waals surface area contributed by atoms with Gasteiger partial charge in [-0.25, -0.2) is 13.6 Å². The van der Waals surface area contributed by atoms with E-state index in [0.29, 0.717) is 34.4 Å². The molecule has 4 rings (SSSR count). The predicted octanol–water partition coefficient (Wildman–Crippen LogP) is 5.36. The van der Waals surface area contributed by atoms with Crippen LogP contribution in [-0.2, 0) is 31.7 Å². The first-order valence-electron chi connectivity index (χ1n) is 12.0. The number of carbonyl (C=O) groups is 1. The molecule has 3 aromatic carbocycles. The molecule has 0 spiro atoms. The molecule has 1 aliphatic rings. The molecular formula is C28H29F2NO6S. The molecule has 3 aromatic rings. The van der Waals surface area contributed by atoms with Crippen molar-refractivity contribution in [3.63, 3.8) is 0 Å². The molecule has 1 unspecified atom stereocenters. The molecule has 0 saturated heterocycles. The Morgan fingerprint density at radius 3 is 2.50 bits per heavy atom. The fourth-order valence-corrected chi connectivity index (χ4v) is 5.31. The first kappa shape index (κ1) is 27.5. The van der Waals surface area contributed by atoms with E-state index in [2.05, 4.69) is 0 Å². The largest absolute Gasteiger partial charge is 0.480 e. The molecule has 0 radical (unpaired) electrons. The molecule has 0 fully saturated rings. The Bertz CT molecular complexity index is 1460. The summed E-state index contributed by atoms with van der Waals surface area (Å²) in [7, 11) is -3.82. The van der Waals surface area contributed by atoms with E-state index in [9.17, 15) is 22.0 Å². The quantitative estimate of drug-likeness (QED) is 0.363. The Morgan fingerprint density at radius 1 is 1.08 bits per heavy atom. The average molecular weight is 546 g/mol. The summed E-state index contributed by atoms with van der Waals surface area (Å²) in [6.07, 6.45) is -0.279. The number of nitrogens with two attached hydrogens (primary N) is 1. The third kappa shape index (κ3) is 6.14. The maximum atomic E-state index is 13.2. The van der Waals surface area contributed by atoms with E-state index in [-0.39, 0.29) is 18.3 Å². The van der Waals surface area contributed by atoms with E-state index < -0.39 is 33.9 Å². The third-order valence-corrected chi connectivity index (χ3v) is 6.95. The first-order valence-corrected chi connectivity index (χ1v) is 13.7. The molecule has 10 heteroatoms. The Hall–Kier alpha value is -3.50. The molecule has 0 saturated carbocycles. The number of alkyl halides is 2. The summed E-state index contributed by atoms with van der Waals surface area (Å²) < 4.78 is 66.2. The maximum Gasteiger partial charge on any atom is 0.387 e. The number of halogens is 2. The minimum Gasteiger partial charge on any atom is -0.480 e. The van der Waals surface area contributed by atoms with Crippen molar-refractivity contribution in [2.45, 2.75) is 45.7 Å². The molecule has 2 N–H and O–H groups in total. The van der Waals surface area contributed by atoms with E-state index in [0.717, 1.165) is 11.1 Å². The van der Waals surface area contributed by atoms with Crippen LogP contribution in [0.5, 0.6) is 11.5 Å². The van der Waals surface area contributed by atoms with E-state index in [1.165, 1.54) is 6.07 Å². The van der Waals surface area contributed by atoms with Gasteiger partial charge in [0.05, 0.1) is 23.3 Å². The highest BCUT2D eigenvalue weighted by molar-refractivity contribution is 7.88. The summed E-state index contributed by atoms with van der Waals surface area (Å²) >= 11 is 0. The normalized spacial score (nSPS) is 14.9. The monoisotopic (exact) mass is 545 g/mol. The fraction of sp³-hybridized carbons (Fsp3) is 0.321. The van der Waals surface area contributed by atoms with E-state index in [1.54, 1.807) is 37.3 Å². The Kier molecular flexibility index (Phi) is 7.75. The highest BCUT2D eigenvalue weighted by Gasteiger charge is 2.33. The number of fused-ring (bicyclic) bond motifs is 3. The van der Waals surface area contributed by atoms with Crippen molar-refractivity contribution in [1.29, 1.82) is 0 Å². The van der Waals surface area contributed by atoms with Crippen LogP contribution in [0.3, 0.4) is 0 Å². The lowest BCUT2D eigenvalue weighted by Crippen LogP contribution is -2.29. The molecule has 0 aromatic heterocycles. The van der Waals surface area contributed by atoms with Gasteiger partial charge in [-0.2, -0.15) is 8.78 Å². The lowest BCUT2D eigenvalue weighted by atomic mass is 9.84. The Labute approximate surface area is 220 Å². The van der Waals surface area contributed by atoms with Crippen molar-refractivity contribution in [1.82, 2.24) is 0 Å². The van der Waals surface area contributed by atoms with Gasteiger partial charge < -0.3 is 14.2 Å². The van der Waals surface area contributed by atoms with Crippen LogP contribution in [-0.4, -0.2) is 27.6 Å². The highest BCUT2D eigenvalue weighted by Crippen LogP contribution is 2.49. The topological polar surface area (TPSA) is 105 Å². The molecule has 7 nitrogen and oxygen atoms in total. The third-order valence-electron chi connectivity index (χ3n) is 6.21. The zero-order chi connectivity index (χ0) is 27.7. The number of rotatable bonds is 9. The number of benzene rings is 3. The van der Waals surface area contributed by atoms with E-state index >= 15 is 0 Å². The standard InChI is InChI=1S/C28H29F2NO6S/c1-4-35-26(32)28(2,3)15-17-7-5-8-19(13-17)25-21-14-18(16-38(31,33)34)11-12-20(21)24-22(36-25)9-6-10-23(24)37-27(29)30/h5-14,25,27H,4,15-16H2,1-3H3,(H2,31,33,34). The van der Waals surface area contributed by atoms with Crippen LogP contribution in [0, 0.1) is 5.41 Å². The highest BCUT2D eigenvalue weighted by atomic mass is 32.2. The summed E-state index contributed by atoms with van der Waals surface area (Å²) in [5, 5.41) is 5.27. The minimum absolute atomic E-state index is 0.0543. The van der Waals surface area contributed by atoms with Gasteiger partial charge in [0, 0.05) is 5.56 Å². The minimum atomic E-state index is -3.82. The van der Waals surface area contributed by atoms with Crippen LogP contribution in [0.1, 0.15) is 49.1 Å². The summed E-state index contributed by atoms with van der Waals surface area (Å²) in [6.45, 7) is 2.62. The maximum absolute atomic E-state index is 13.2. The van der Waals surface area contributed by atoms with Crippen LogP contribution in [0.25, 0.3) is 11.1 Å². The lowest BCUT2D eigenvalue weighted by molar-refractivity contribution is -0.153. The fourth-order valence-electron chi connectivity index (χ4n) is 4.66. The first-order chi connectivity index (χ1) is 17.9. The average Bonchev–Trinajstić information content (AvgIpc) is 2.82. The van der Waals surface area contributed by atoms with E-state index in [1.807, 2.05) is 38.1 Å². The van der Waals surface area contributed by atoms with Gasteiger partial charge in [0.25, 0.3) is 0 Å². The molecule has 0 aliphatic carbocycles. The van der Waals surface area contributed by atoms with Gasteiger partial charge >= 0.3 is 12.6 Å². The Morgan fingerprint density at radius 2 is 1.82 bits per heavy atom. The number of hydrogen-bond acceptors (Lipinski definition) is 6. The van der Waals surface area contributed by atoms with Gasteiger partial charge in [-0.3, -0.25) is 4.79 Å². The van der Waals surface area contributed by atoms with Gasteiger partial charge in [-0.05, 0) is 61.6 Å². The summed E-state index contributed by atoms with van der Waals surface area (Å²) in [6, 6.07) is 17.1. The predicted molar refractivity (Wildman–Crippen MR) is 138 cm³/mol. The van der Waals surface area contributed by atoms with Crippen LogP contribution in [0.4, 0.5) is 8.78 Å². The number of ether oxygens (including phenoxy) is 3. The second-order valence-electron chi connectivity index (χ2n) is 9.76.